The molecule has 1 aliphatic heterocycles. The van der Waals surface area contributed by atoms with E-state index >= 15 is 0 Å². The van der Waals surface area contributed by atoms with Gasteiger partial charge < -0.3 is 29.7 Å². The van der Waals surface area contributed by atoms with Gasteiger partial charge in [0.05, 0.1) is 26.8 Å². The summed E-state index contributed by atoms with van der Waals surface area (Å²) < 4.78 is 16.0. The molecular weight excluding hydrogens is 360 g/mol. The molecule has 0 unspecified atom stereocenters. The summed E-state index contributed by atoms with van der Waals surface area (Å²) >= 11 is 0. The van der Waals surface area contributed by atoms with Crippen LogP contribution in [-0.4, -0.2) is 62.4 Å². The first-order chi connectivity index (χ1) is 13.3. The molecule has 2 N–H and O–H groups in total. The molecule has 0 saturated carbocycles. The minimum Gasteiger partial charge on any atom is -0.497 e. The van der Waals surface area contributed by atoms with E-state index in [1.165, 1.54) is 0 Å². The number of likely N-dealkylation sites (tertiary alicyclic amines) is 1. The first kappa shape index (κ1) is 21.7. The zero-order chi connectivity index (χ0) is 20.7. The van der Waals surface area contributed by atoms with Gasteiger partial charge in [-0.15, -0.1) is 0 Å². The molecular formula is C20H32N4O4. The van der Waals surface area contributed by atoms with E-state index in [0.29, 0.717) is 25.6 Å². The van der Waals surface area contributed by atoms with E-state index < -0.39 is 5.60 Å². The lowest BCUT2D eigenvalue weighted by molar-refractivity contribution is 0.00700. The second kappa shape index (κ2) is 9.52. The van der Waals surface area contributed by atoms with Crippen LogP contribution in [0.15, 0.2) is 23.2 Å². The van der Waals surface area contributed by atoms with Crippen molar-refractivity contribution in [2.24, 2.45) is 4.99 Å². The molecule has 8 nitrogen and oxygen atoms in total. The molecule has 0 atom stereocenters. The highest BCUT2D eigenvalue weighted by Crippen LogP contribution is 2.25. The van der Waals surface area contributed by atoms with Crippen molar-refractivity contribution in [1.82, 2.24) is 15.5 Å². The lowest BCUT2D eigenvalue weighted by Crippen LogP contribution is -2.63. The Morgan fingerprint density at radius 2 is 1.96 bits per heavy atom. The highest BCUT2D eigenvalue weighted by atomic mass is 16.6. The number of nitrogens with zero attached hydrogens (tertiary/aromatic N) is 2. The predicted octanol–water partition coefficient (Wildman–Crippen LogP) is 2.38. The number of nitrogens with one attached hydrogen (secondary N) is 2. The Labute approximate surface area is 167 Å². The number of rotatable bonds is 6. The van der Waals surface area contributed by atoms with Crippen molar-refractivity contribution < 1.29 is 19.0 Å². The van der Waals surface area contributed by atoms with Gasteiger partial charge in [-0.2, -0.15) is 0 Å². The van der Waals surface area contributed by atoms with E-state index in [9.17, 15) is 4.79 Å². The molecule has 2 rings (SSSR count). The normalized spacial score (nSPS) is 14.9. The number of aliphatic imine (C=N–C) groups is 1. The number of guanidine groups is 1. The van der Waals surface area contributed by atoms with E-state index in [2.05, 4.69) is 15.6 Å². The fourth-order valence-corrected chi connectivity index (χ4v) is 2.71. The van der Waals surface area contributed by atoms with E-state index in [-0.39, 0.29) is 12.1 Å². The molecule has 0 bridgehead atoms. The Morgan fingerprint density at radius 3 is 2.54 bits per heavy atom. The third-order valence-electron chi connectivity index (χ3n) is 4.12. The quantitative estimate of drug-likeness (QED) is 0.571. The maximum absolute atomic E-state index is 12.0. The number of ether oxygens (including phenoxy) is 3. The molecule has 1 aliphatic rings. The Hall–Kier alpha value is -2.64. The van der Waals surface area contributed by atoms with Crippen molar-refractivity contribution in [3.05, 3.63) is 23.8 Å². The number of methoxy groups -OCH3 is 2. The highest BCUT2D eigenvalue weighted by Gasteiger charge is 2.34. The summed E-state index contributed by atoms with van der Waals surface area (Å²) in [6, 6.07) is 5.81. The topological polar surface area (TPSA) is 84.4 Å². The van der Waals surface area contributed by atoms with Gasteiger partial charge in [0, 0.05) is 31.3 Å². The van der Waals surface area contributed by atoms with Gasteiger partial charge in [0.2, 0.25) is 0 Å². The van der Waals surface area contributed by atoms with Crippen LogP contribution in [-0.2, 0) is 11.3 Å². The van der Waals surface area contributed by atoms with Crippen molar-refractivity contribution in [2.45, 2.75) is 45.9 Å². The lowest BCUT2D eigenvalue weighted by Gasteiger charge is -2.40. The summed E-state index contributed by atoms with van der Waals surface area (Å²) in [5, 5.41) is 6.59. The first-order valence-corrected chi connectivity index (χ1v) is 9.49. The second-order valence-electron chi connectivity index (χ2n) is 7.60. The maximum Gasteiger partial charge on any atom is 0.410 e. The second-order valence-corrected chi connectivity index (χ2v) is 7.60. The van der Waals surface area contributed by atoms with Crippen molar-refractivity contribution in [2.75, 3.05) is 33.9 Å². The number of carbonyl (C=O) groups is 1. The maximum atomic E-state index is 12.0. The molecule has 8 heteroatoms. The number of carbonyl (C=O) groups excluding carboxylic acids is 1. The van der Waals surface area contributed by atoms with E-state index in [0.717, 1.165) is 23.6 Å². The van der Waals surface area contributed by atoms with Gasteiger partial charge in [-0.1, -0.05) is 0 Å². The van der Waals surface area contributed by atoms with Crippen LogP contribution in [0.5, 0.6) is 11.5 Å². The molecule has 1 saturated heterocycles. The third-order valence-corrected chi connectivity index (χ3v) is 4.12. The number of hydrogen-bond acceptors (Lipinski definition) is 5. The Bertz CT molecular complexity index is 694. The summed E-state index contributed by atoms with van der Waals surface area (Å²) in [7, 11) is 3.25. The third kappa shape index (κ3) is 6.21. The van der Waals surface area contributed by atoms with Crippen molar-refractivity contribution in [3.8, 4) is 11.5 Å². The molecule has 0 radical (unpaired) electrons. The van der Waals surface area contributed by atoms with Crippen LogP contribution in [0.4, 0.5) is 4.79 Å². The van der Waals surface area contributed by atoms with E-state index in [1.807, 2.05) is 45.9 Å². The average Bonchev–Trinajstić information content (AvgIpc) is 2.60. The van der Waals surface area contributed by atoms with Crippen molar-refractivity contribution >= 4 is 12.1 Å². The molecule has 1 aromatic carbocycles. The van der Waals surface area contributed by atoms with Gasteiger partial charge >= 0.3 is 6.09 Å². The summed E-state index contributed by atoms with van der Waals surface area (Å²) in [6.45, 7) is 9.99. The number of benzene rings is 1. The van der Waals surface area contributed by atoms with Gasteiger partial charge in [0.25, 0.3) is 0 Å². The van der Waals surface area contributed by atoms with Crippen LogP contribution < -0.4 is 20.1 Å². The fourth-order valence-electron chi connectivity index (χ4n) is 2.71. The van der Waals surface area contributed by atoms with Crippen LogP contribution >= 0.6 is 0 Å². The Morgan fingerprint density at radius 1 is 1.25 bits per heavy atom. The van der Waals surface area contributed by atoms with Gasteiger partial charge in [0.1, 0.15) is 17.1 Å². The molecule has 0 spiro atoms. The Balaban J connectivity index is 1.93. The minimum atomic E-state index is -0.483. The summed E-state index contributed by atoms with van der Waals surface area (Å²) in [5.41, 5.74) is 0.480. The first-order valence-electron chi connectivity index (χ1n) is 9.49. The van der Waals surface area contributed by atoms with Crippen molar-refractivity contribution in [3.63, 3.8) is 0 Å². The predicted molar refractivity (Wildman–Crippen MR) is 109 cm³/mol. The molecule has 1 aromatic rings. The fraction of sp³-hybridized carbons (Fsp3) is 0.600. The average molecular weight is 393 g/mol. The van der Waals surface area contributed by atoms with Crippen LogP contribution in [0, 0.1) is 0 Å². The monoisotopic (exact) mass is 392 g/mol. The summed E-state index contributed by atoms with van der Waals surface area (Å²) in [4.78, 5) is 18.4. The zero-order valence-corrected chi connectivity index (χ0v) is 17.7. The standard InChI is InChI=1S/C20H32N4O4/c1-7-21-18(22-11-14-8-9-16(26-5)10-17(14)27-6)23-15-12-24(13-15)19(25)28-20(2,3)4/h8-10,15H,7,11-13H2,1-6H3,(H2,21,22,23). The highest BCUT2D eigenvalue weighted by molar-refractivity contribution is 5.80. The number of amides is 1. The molecule has 1 amide bonds. The van der Waals surface area contributed by atoms with E-state index in [1.54, 1.807) is 19.1 Å². The van der Waals surface area contributed by atoms with Gasteiger partial charge in [0.15, 0.2) is 5.96 Å². The summed E-state index contributed by atoms with van der Waals surface area (Å²) in [5.74, 6) is 2.18. The van der Waals surface area contributed by atoms with E-state index in [4.69, 9.17) is 14.2 Å². The Kier molecular flexibility index (Phi) is 7.37. The molecule has 1 fully saturated rings. The zero-order valence-electron chi connectivity index (χ0n) is 17.7. The SMILES string of the molecule is CCNC(=NCc1ccc(OC)cc1OC)NC1CN(C(=O)OC(C)(C)C)C1. The smallest absolute Gasteiger partial charge is 0.410 e. The lowest BCUT2D eigenvalue weighted by atomic mass is 10.1. The minimum absolute atomic E-state index is 0.142. The van der Waals surface area contributed by atoms with Crippen LogP contribution in [0.2, 0.25) is 0 Å². The molecule has 28 heavy (non-hydrogen) atoms. The van der Waals surface area contributed by atoms with Crippen LogP contribution in [0.25, 0.3) is 0 Å². The van der Waals surface area contributed by atoms with Crippen LogP contribution in [0.1, 0.15) is 33.3 Å². The van der Waals surface area contributed by atoms with Gasteiger partial charge in [-0.3, -0.25) is 0 Å². The van der Waals surface area contributed by atoms with Crippen molar-refractivity contribution in [1.29, 1.82) is 0 Å². The molecule has 1 heterocycles. The van der Waals surface area contributed by atoms with Gasteiger partial charge in [-0.25, -0.2) is 9.79 Å². The largest absolute Gasteiger partial charge is 0.497 e. The molecule has 0 aliphatic carbocycles. The molecule has 0 aromatic heterocycles. The summed E-state index contributed by atoms with van der Waals surface area (Å²) in [6.07, 6.45) is -0.282. The van der Waals surface area contributed by atoms with Gasteiger partial charge in [-0.05, 0) is 39.8 Å². The number of hydrogen-bond donors (Lipinski definition) is 2. The molecule has 156 valence electrons. The van der Waals surface area contributed by atoms with Crippen LogP contribution in [0.3, 0.4) is 0 Å².